The predicted octanol–water partition coefficient (Wildman–Crippen LogP) is 2.66. The Hall–Kier alpha value is -2.62. The number of amides is 1. The summed E-state index contributed by atoms with van der Waals surface area (Å²) >= 11 is 1.48. The maximum absolute atomic E-state index is 12.7. The van der Waals surface area contributed by atoms with E-state index in [1.807, 2.05) is 47.6 Å². The quantitative estimate of drug-likeness (QED) is 0.462. The number of esters is 1. The fraction of sp³-hybridized carbons (Fsp3) is 0.458. The van der Waals surface area contributed by atoms with Gasteiger partial charge >= 0.3 is 5.97 Å². The highest BCUT2D eigenvalue weighted by molar-refractivity contribution is 8.16. The third-order valence-electron chi connectivity index (χ3n) is 5.94. The lowest BCUT2D eigenvalue weighted by atomic mass is 9.94. The van der Waals surface area contributed by atoms with Gasteiger partial charge in [-0.05, 0) is 30.9 Å². The molecule has 9 heteroatoms. The van der Waals surface area contributed by atoms with Crippen molar-refractivity contribution in [3.8, 4) is 0 Å². The number of hydrogen-bond acceptors (Lipinski definition) is 8. The molecule has 1 N–H and O–H groups in total. The van der Waals surface area contributed by atoms with Crippen LogP contribution in [0.2, 0.25) is 0 Å². The Morgan fingerprint density at radius 3 is 2.73 bits per heavy atom. The third kappa shape index (κ3) is 5.48. The minimum Gasteiger partial charge on any atom is -0.466 e. The molecule has 33 heavy (non-hydrogen) atoms. The molecule has 0 radical (unpaired) electrons. The van der Waals surface area contributed by atoms with Gasteiger partial charge in [0.1, 0.15) is 0 Å². The zero-order valence-corrected chi connectivity index (χ0v) is 19.9. The van der Waals surface area contributed by atoms with E-state index in [9.17, 15) is 9.59 Å². The highest BCUT2D eigenvalue weighted by Crippen LogP contribution is 2.44. The van der Waals surface area contributed by atoms with Crippen molar-refractivity contribution in [1.82, 2.24) is 15.1 Å². The first-order valence-electron chi connectivity index (χ1n) is 11.2. The van der Waals surface area contributed by atoms with Gasteiger partial charge in [-0.2, -0.15) is 0 Å². The van der Waals surface area contributed by atoms with E-state index in [1.165, 1.54) is 18.9 Å². The maximum atomic E-state index is 12.7. The molecule has 176 valence electrons. The van der Waals surface area contributed by atoms with Crippen LogP contribution in [0.15, 0.2) is 57.7 Å². The first kappa shape index (κ1) is 23.5. The molecular weight excluding hydrogens is 440 g/mol. The summed E-state index contributed by atoms with van der Waals surface area (Å²) in [5.41, 5.74) is 2.90. The van der Waals surface area contributed by atoms with E-state index in [0.717, 1.165) is 55.7 Å². The number of nitrogens with one attached hydrogen (secondary N) is 1. The lowest BCUT2D eigenvalue weighted by Gasteiger charge is -2.36. The second-order valence-electron chi connectivity index (χ2n) is 8.13. The Morgan fingerprint density at radius 2 is 2.00 bits per heavy atom. The van der Waals surface area contributed by atoms with Gasteiger partial charge in [-0.25, -0.2) is 9.79 Å². The molecule has 3 heterocycles. The minimum absolute atomic E-state index is 0.0391. The third-order valence-corrected chi connectivity index (χ3v) is 6.83. The highest BCUT2D eigenvalue weighted by Gasteiger charge is 2.40. The molecular formula is C24H30N4O4S. The Labute approximate surface area is 198 Å². The van der Waals surface area contributed by atoms with Gasteiger partial charge < -0.3 is 19.7 Å². The SMILES string of the molecule is COC(=O)C1=C(C)N=C2SC=C(CC(=O)NCCCN3CCOCC3)N2C1c1ccccc1. The maximum Gasteiger partial charge on any atom is 0.338 e. The summed E-state index contributed by atoms with van der Waals surface area (Å²) in [6.07, 6.45) is 1.12. The van der Waals surface area contributed by atoms with Crippen molar-refractivity contribution >= 4 is 28.8 Å². The first-order chi connectivity index (χ1) is 16.1. The van der Waals surface area contributed by atoms with Crippen molar-refractivity contribution in [2.75, 3.05) is 46.5 Å². The Kier molecular flexibility index (Phi) is 7.85. The van der Waals surface area contributed by atoms with Crippen molar-refractivity contribution in [2.24, 2.45) is 4.99 Å². The van der Waals surface area contributed by atoms with Crippen LogP contribution in [0.25, 0.3) is 0 Å². The molecule has 1 fully saturated rings. The number of benzene rings is 1. The topological polar surface area (TPSA) is 83.5 Å². The normalized spacial score (nSPS) is 20.8. The van der Waals surface area contributed by atoms with Crippen LogP contribution in [0, 0.1) is 0 Å². The molecule has 0 aromatic heterocycles. The van der Waals surface area contributed by atoms with Crippen LogP contribution >= 0.6 is 11.8 Å². The fourth-order valence-corrected chi connectivity index (χ4v) is 5.24. The number of hydrogen-bond donors (Lipinski definition) is 1. The van der Waals surface area contributed by atoms with E-state index < -0.39 is 5.97 Å². The van der Waals surface area contributed by atoms with Crippen molar-refractivity contribution < 1.29 is 19.1 Å². The van der Waals surface area contributed by atoms with Crippen LogP contribution in [-0.2, 0) is 19.1 Å². The zero-order chi connectivity index (χ0) is 23.2. The van der Waals surface area contributed by atoms with Crippen LogP contribution < -0.4 is 5.32 Å². The standard InChI is InChI=1S/C24H30N4O4S/c1-17-21(23(30)31-2)22(18-7-4-3-5-8-18)28-19(16-33-24(28)26-17)15-20(29)25-9-6-10-27-11-13-32-14-12-27/h3-5,7-8,16,22H,6,9-15H2,1-2H3,(H,25,29). The minimum atomic E-state index is -0.409. The number of aliphatic imine (C=N–C) groups is 1. The predicted molar refractivity (Wildman–Crippen MR) is 128 cm³/mol. The van der Waals surface area contributed by atoms with Gasteiger partial charge in [0.25, 0.3) is 0 Å². The second kappa shape index (κ2) is 11.0. The Morgan fingerprint density at radius 1 is 1.24 bits per heavy atom. The van der Waals surface area contributed by atoms with Gasteiger partial charge in [0.05, 0.1) is 44.1 Å². The van der Waals surface area contributed by atoms with Gasteiger partial charge in [0.2, 0.25) is 5.91 Å². The molecule has 1 atom stereocenters. The summed E-state index contributed by atoms with van der Waals surface area (Å²) in [7, 11) is 1.38. The van der Waals surface area contributed by atoms with Crippen LogP contribution in [0.5, 0.6) is 0 Å². The fourth-order valence-electron chi connectivity index (χ4n) is 4.27. The van der Waals surface area contributed by atoms with Gasteiger partial charge in [0, 0.05) is 25.3 Å². The van der Waals surface area contributed by atoms with Crippen LogP contribution in [0.4, 0.5) is 0 Å². The van der Waals surface area contributed by atoms with Crippen molar-refractivity contribution in [2.45, 2.75) is 25.8 Å². The molecule has 1 amide bonds. The lowest BCUT2D eigenvalue weighted by Crippen LogP contribution is -2.39. The summed E-state index contributed by atoms with van der Waals surface area (Å²) < 4.78 is 10.5. The number of nitrogens with zero attached hydrogens (tertiary/aromatic N) is 3. The molecule has 1 aromatic carbocycles. The number of allylic oxidation sites excluding steroid dienone is 1. The van der Waals surface area contributed by atoms with E-state index in [2.05, 4.69) is 15.2 Å². The average Bonchev–Trinajstić information content (AvgIpc) is 3.23. The van der Waals surface area contributed by atoms with Gasteiger partial charge in [-0.15, -0.1) is 0 Å². The van der Waals surface area contributed by atoms with E-state index in [0.29, 0.717) is 17.8 Å². The average molecular weight is 471 g/mol. The van der Waals surface area contributed by atoms with E-state index in [4.69, 9.17) is 9.47 Å². The number of ether oxygens (including phenoxy) is 2. The number of rotatable bonds is 8. The van der Waals surface area contributed by atoms with Crippen LogP contribution in [0.1, 0.15) is 31.4 Å². The summed E-state index contributed by atoms with van der Waals surface area (Å²) in [6, 6.07) is 9.40. The smallest absolute Gasteiger partial charge is 0.338 e. The summed E-state index contributed by atoms with van der Waals surface area (Å²) in [4.78, 5) is 34.4. The van der Waals surface area contributed by atoms with Crippen LogP contribution in [0.3, 0.4) is 0 Å². The number of carbonyl (C=O) groups is 2. The summed E-state index contributed by atoms with van der Waals surface area (Å²) in [5.74, 6) is -0.448. The highest BCUT2D eigenvalue weighted by atomic mass is 32.2. The van der Waals surface area contributed by atoms with Gasteiger partial charge in [0.15, 0.2) is 5.17 Å². The number of carbonyl (C=O) groups excluding carboxylic acids is 2. The Balaban J connectivity index is 1.43. The molecule has 1 unspecified atom stereocenters. The molecule has 8 nitrogen and oxygen atoms in total. The summed E-state index contributed by atoms with van der Waals surface area (Å²) in [5, 5.41) is 5.76. The van der Waals surface area contributed by atoms with Gasteiger partial charge in [-0.3, -0.25) is 9.69 Å². The number of thioether (sulfide) groups is 1. The number of fused-ring (bicyclic) bond motifs is 1. The molecule has 4 rings (SSSR count). The molecule has 0 aliphatic carbocycles. The number of morpholine rings is 1. The molecule has 1 aromatic rings. The van der Waals surface area contributed by atoms with E-state index >= 15 is 0 Å². The van der Waals surface area contributed by atoms with Crippen LogP contribution in [-0.4, -0.2) is 73.3 Å². The van der Waals surface area contributed by atoms with Crippen molar-refractivity contribution in [1.29, 1.82) is 0 Å². The molecule has 3 aliphatic rings. The number of methoxy groups -OCH3 is 1. The van der Waals surface area contributed by atoms with E-state index in [-0.39, 0.29) is 18.4 Å². The monoisotopic (exact) mass is 470 g/mol. The Bertz CT molecular complexity index is 970. The molecule has 1 saturated heterocycles. The molecule has 0 saturated carbocycles. The zero-order valence-electron chi connectivity index (χ0n) is 19.1. The molecule has 0 bridgehead atoms. The first-order valence-corrected chi connectivity index (χ1v) is 12.1. The number of amidine groups is 1. The largest absolute Gasteiger partial charge is 0.466 e. The summed E-state index contributed by atoms with van der Waals surface area (Å²) in [6.45, 7) is 6.87. The van der Waals surface area contributed by atoms with Crippen molar-refractivity contribution in [3.05, 3.63) is 58.3 Å². The second-order valence-corrected chi connectivity index (χ2v) is 8.97. The van der Waals surface area contributed by atoms with Gasteiger partial charge in [-0.1, -0.05) is 42.1 Å². The van der Waals surface area contributed by atoms with E-state index in [1.54, 1.807) is 0 Å². The molecule has 0 spiro atoms. The lowest BCUT2D eigenvalue weighted by molar-refractivity contribution is -0.136. The van der Waals surface area contributed by atoms with Crippen molar-refractivity contribution in [3.63, 3.8) is 0 Å². The molecule has 3 aliphatic heterocycles.